The van der Waals surface area contributed by atoms with Crippen LogP contribution in [0.4, 0.5) is 4.39 Å². The number of hydrogen-bond donors (Lipinski definition) is 0. The molecule has 0 aromatic heterocycles. The number of benzene rings is 1. The minimum Gasteiger partial charge on any atom is -0.246 e. The van der Waals surface area contributed by atoms with Crippen molar-refractivity contribution in [3.63, 3.8) is 0 Å². The summed E-state index contributed by atoms with van der Waals surface area (Å²) >= 11 is 0. The van der Waals surface area contributed by atoms with Crippen molar-refractivity contribution in [1.29, 1.82) is 5.26 Å². The van der Waals surface area contributed by atoms with Crippen LogP contribution in [0.15, 0.2) is 24.3 Å². The summed E-state index contributed by atoms with van der Waals surface area (Å²) in [4.78, 5) is 0. The molecule has 0 bridgehead atoms. The fourth-order valence-corrected chi connectivity index (χ4v) is 1.97. The zero-order valence-corrected chi connectivity index (χ0v) is 7.20. The van der Waals surface area contributed by atoms with Gasteiger partial charge in [-0.25, -0.2) is 4.39 Å². The van der Waals surface area contributed by atoms with Crippen molar-refractivity contribution in [2.24, 2.45) is 0 Å². The van der Waals surface area contributed by atoms with E-state index in [-0.39, 0.29) is 12.3 Å². The number of hydrogen-bond acceptors (Lipinski definition) is 1. The van der Waals surface area contributed by atoms with E-state index in [9.17, 15) is 4.39 Å². The molecule has 1 aromatic rings. The number of nitrogens with zero attached hydrogens (tertiary/aromatic N) is 1. The first-order valence-corrected chi connectivity index (χ1v) is 4.41. The normalized spacial score (nSPS) is 25.2. The van der Waals surface area contributed by atoms with Crippen LogP contribution in [0.1, 0.15) is 23.5 Å². The first-order chi connectivity index (χ1) is 6.33. The van der Waals surface area contributed by atoms with E-state index in [2.05, 4.69) is 0 Å². The van der Waals surface area contributed by atoms with Crippen molar-refractivity contribution >= 4 is 0 Å². The lowest BCUT2D eigenvalue weighted by molar-refractivity contribution is 0.301. The Morgan fingerprint density at radius 3 is 3.00 bits per heavy atom. The van der Waals surface area contributed by atoms with E-state index in [4.69, 9.17) is 5.26 Å². The molecule has 1 aromatic carbocycles. The third-order valence-corrected chi connectivity index (χ3v) is 2.62. The standard InChI is InChI=1S/C11H10FN/c12-11-7-8-3-1-2-4-9(8)10(11)5-6-13/h1-4,10-11H,5,7H2/t10-,11-/m0/s1. The van der Waals surface area contributed by atoms with Gasteiger partial charge in [-0.2, -0.15) is 5.26 Å². The summed E-state index contributed by atoms with van der Waals surface area (Å²) in [5.74, 6) is -0.193. The lowest BCUT2D eigenvalue weighted by atomic mass is 9.98. The van der Waals surface area contributed by atoms with Crippen LogP contribution in [-0.2, 0) is 6.42 Å². The maximum absolute atomic E-state index is 13.4. The quantitative estimate of drug-likeness (QED) is 0.643. The van der Waals surface area contributed by atoms with Gasteiger partial charge in [-0.15, -0.1) is 0 Å². The highest BCUT2D eigenvalue weighted by Crippen LogP contribution is 2.36. The first kappa shape index (κ1) is 8.25. The second-order valence-electron chi connectivity index (χ2n) is 3.39. The van der Waals surface area contributed by atoms with Gasteiger partial charge in [-0.3, -0.25) is 0 Å². The summed E-state index contributed by atoms with van der Waals surface area (Å²) in [7, 11) is 0. The molecular formula is C11H10FN. The molecule has 0 amide bonds. The van der Waals surface area contributed by atoms with Crippen LogP contribution in [0.25, 0.3) is 0 Å². The summed E-state index contributed by atoms with van der Waals surface area (Å²) < 4.78 is 13.4. The molecule has 0 radical (unpaired) electrons. The molecule has 0 saturated heterocycles. The third kappa shape index (κ3) is 1.31. The molecule has 2 rings (SSSR count). The summed E-state index contributed by atoms with van der Waals surface area (Å²) in [6.07, 6.45) is -0.0993. The monoisotopic (exact) mass is 175 g/mol. The van der Waals surface area contributed by atoms with Crippen LogP contribution in [0.3, 0.4) is 0 Å². The van der Waals surface area contributed by atoms with E-state index in [1.807, 2.05) is 30.3 Å². The molecule has 0 unspecified atom stereocenters. The minimum atomic E-state index is -0.864. The topological polar surface area (TPSA) is 23.8 Å². The van der Waals surface area contributed by atoms with Crippen molar-refractivity contribution in [3.05, 3.63) is 35.4 Å². The number of halogens is 1. The zero-order chi connectivity index (χ0) is 9.26. The smallest absolute Gasteiger partial charge is 0.112 e. The molecule has 13 heavy (non-hydrogen) atoms. The molecule has 2 heteroatoms. The molecule has 2 atom stereocenters. The van der Waals surface area contributed by atoms with Crippen LogP contribution < -0.4 is 0 Å². The molecule has 0 fully saturated rings. The molecule has 0 N–H and O–H groups in total. The lowest BCUT2D eigenvalue weighted by Crippen LogP contribution is -2.06. The van der Waals surface area contributed by atoms with Gasteiger partial charge in [0.15, 0.2) is 0 Å². The fraction of sp³-hybridized carbons (Fsp3) is 0.364. The molecule has 1 nitrogen and oxygen atoms in total. The van der Waals surface area contributed by atoms with Crippen LogP contribution in [0.5, 0.6) is 0 Å². The Hall–Kier alpha value is -1.36. The number of fused-ring (bicyclic) bond motifs is 1. The van der Waals surface area contributed by atoms with Gasteiger partial charge >= 0.3 is 0 Å². The molecule has 66 valence electrons. The van der Waals surface area contributed by atoms with Gasteiger partial charge in [-0.05, 0) is 11.1 Å². The van der Waals surface area contributed by atoms with E-state index in [0.717, 1.165) is 11.1 Å². The Kier molecular flexibility index (Phi) is 2.02. The number of rotatable bonds is 1. The average Bonchev–Trinajstić information content (AvgIpc) is 2.44. The fourth-order valence-electron chi connectivity index (χ4n) is 1.97. The number of alkyl halides is 1. The lowest BCUT2D eigenvalue weighted by Gasteiger charge is -2.08. The van der Waals surface area contributed by atoms with Crippen molar-refractivity contribution in [2.75, 3.05) is 0 Å². The molecule has 1 aliphatic rings. The van der Waals surface area contributed by atoms with Crippen LogP contribution in [0, 0.1) is 11.3 Å². The SMILES string of the molecule is N#CC[C@H]1c2ccccc2C[C@@H]1F. The van der Waals surface area contributed by atoms with Crippen molar-refractivity contribution in [3.8, 4) is 6.07 Å². The number of nitriles is 1. The van der Waals surface area contributed by atoms with E-state index >= 15 is 0 Å². The Labute approximate surface area is 76.8 Å². The second kappa shape index (κ2) is 3.18. The summed E-state index contributed by atoms with van der Waals surface area (Å²) in [6.45, 7) is 0. The maximum Gasteiger partial charge on any atom is 0.112 e. The van der Waals surface area contributed by atoms with Crippen LogP contribution in [0.2, 0.25) is 0 Å². The zero-order valence-electron chi connectivity index (χ0n) is 7.20. The predicted octanol–water partition coefficient (Wildman–Crippen LogP) is 2.58. The Bertz CT molecular complexity index is 353. The highest BCUT2D eigenvalue weighted by atomic mass is 19.1. The van der Waals surface area contributed by atoms with E-state index < -0.39 is 6.17 Å². The molecule has 0 heterocycles. The summed E-state index contributed by atoms with van der Waals surface area (Å²) in [5.41, 5.74) is 2.09. The Morgan fingerprint density at radius 2 is 2.23 bits per heavy atom. The first-order valence-electron chi connectivity index (χ1n) is 4.41. The maximum atomic E-state index is 13.4. The van der Waals surface area contributed by atoms with E-state index in [0.29, 0.717) is 6.42 Å². The predicted molar refractivity (Wildman–Crippen MR) is 48.0 cm³/mol. The van der Waals surface area contributed by atoms with Gasteiger partial charge < -0.3 is 0 Å². The van der Waals surface area contributed by atoms with Crippen LogP contribution in [-0.4, -0.2) is 6.17 Å². The van der Waals surface area contributed by atoms with E-state index in [1.165, 1.54) is 0 Å². The molecule has 1 aliphatic carbocycles. The van der Waals surface area contributed by atoms with Gasteiger partial charge in [-0.1, -0.05) is 24.3 Å². The highest BCUT2D eigenvalue weighted by molar-refractivity contribution is 5.37. The van der Waals surface area contributed by atoms with Gasteiger partial charge in [0.25, 0.3) is 0 Å². The van der Waals surface area contributed by atoms with Gasteiger partial charge in [0.05, 0.1) is 6.07 Å². The van der Waals surface area contributed by atoms with Crippen molar-refractivity contribution in [2.45, 2.75) is 24.9 Å². The highest BCUT2D eigenvalue weighted by Gasteiger charge is 2.31. The summed E-state index contributed by atoms with van der Waals surface area (Å²) in [5, 5.41) is 8.55. The largest absolute Gasteiger partial charge is 0.246 e. The van der Waals surface area contributed by atoms with Gasteiger partial charge in [0.2, 0.25) is 0 Å². The van der Waals surface area contributed by atoms with Gasteiger partial charge in [0.1, 0.15) is 6.17 Å². The van der Waals surface area contributed by atoms with Crippen molar-refractivity contribution < 1.29 is 4.39 Å². The second-order valence-corrected chi connectivity index (χ2v) is 3.39. The third-order valence-electron chi connectivity index (χ3n) is 2.62. The van der Waals surface area contributed by atoms with E-state index in [1.54, 1.807) is 0 Å². The molecule has 0 spiro atoms. The summed E-state index contributed by atoms with van der Waals surface area (Å²) in [6, 6.07) is 9.73. The van der Waals surface area contributed by atoms with Crippen LogP contribution >= 0.6 is 0 Å². The molecule has 0 saturated carbocycles. The Morgan fingerprint density at radius 1 is 1.46 bits per heavy atom. The van der Waals surface area contributed by atoms with Crippen molar-refractivity contribution in [1.82, 2.24) is 0 Å². The minimum absolute atomic E-state index is 0.193. The van der Waals surface area contributed by atoms with Gasteiger partial charge in [0, 0.05) is 18.8 Å². The molecular weight excluding hydrogens is 165 g/mol. The molecule has 0 aliphatic heterocycles. The Balaban J connectivity index is 2.36. The average molecular weight is 175 g/mol.